The molecule has 1 aliphatic carbocycles. The third kappa shape index (κ3) is 5.30. The van der Waals surface area contributed by atoms with Crippen LogP contribution in [0, 0.1) is 5.92 Å². The summed E-state index contributed by atoms with van der Waals surface area (Å²) in [5.74, 6) is 1.46. The minimum absolute atomic E-state index is 0.208. The molecule has 0 saturated heterocycles. The Bertz CT molecular complexity index is 415. The lowest BCUT2D eigenvalue weighted by Crippen LogP contribution is -2.35. The van der Waals surface area contributed by atoms with Gasteiger partial charge in [-0.3, -0.25) is 0 Å². The van der Waals surface area contributed by atoms with Crippen LogP contribution in [0.4, 0.5) is 0 Å². The Morgan fingerprint density at radius 1 is 1.24 bits per heavy atom. The molecule has 0 heterocycles. The average Bonchev–Trinajstić information content (AvgIpc) is 3.30. The second kappa shape index (κ2) is 7.78. The monoisotopic (exact) mass is 293 g/mol. The zero-order chi connectivity index (χ0) is 15.2. The Morgan fingerprint density at radius 2 is 1.90 bits per heavy atom. The molecule has 0 aliphatic heterocycles. The third-order valence-electron chi connectivity index (χ3n) is 3.72. The van der Waals surface area contributed by atoms with Crippen molar-refractivity contribution < 1.29 is 14.6 Å². The van der Waals surface area contributed by atoms with E-state index in [4.69, 9.17) is 9.47 Å². The highest BCUT2D eigenvalue weighted by molar-refractivity contribution is 5.29. The van der Waals surface area contributed by atoms with Gasteiger partial charge in [0.2, 0.25) is 0 Å². The van der Waals surface area contributed by atoms with Gasteiger partial charge >= 0.3 is 0 Å². The molecular formula is C17H27NO3. The van der Waals surface area contributed by atoms with Crippen molar-refractivity contribution in [2.75, 3.05) is 20.3 Å². The standard InChI is InChI=1S/C17H27NO3/c1-12(2)18-10-15(19)11-21-16-8-6-14(7-9-16)17(20-3)13-4-5-13/h6-9,12-13,15,17-19H,4-5,10-11H2,1-3H3. The molecule has 4 nitrogen and oxygen atoms in total. The molecule has 0 radical (unpaired) electrons. The van der Waals surface area contributed by atoms with Gasteiger partial charge in [0.05, 0.1) is 6.10 Å². The molecule has 0 aromatic heterocycles. The summed E-state index contributed by atoms with van der Waals surface area (Å²) in [5.41, 5.74) is 1.20. The van der Waals surface area contributed by atoms with Crippen LogP contribution in [-0.4, -0.2) is 37.5 Å². The van der Waals surface area contributed by atoms with E-state index in [1.54, 1.807) is 7.11 Å². The van der Waals surface area contributed by atoms with Crippen molar-refractivity contribution in [1.82, 2.24) is 5.32 Å². The van der Waals surface area contributed by atoms with Gasteiger partial charge in [-0.25, -0.2) is 0 Å². The van der Waals surface area contributed by atoms with Gasteiger partial charge < -0.3 is 19.9 Å². The van der Waals surface area contributed by atoms with Crippen molar-refractivity contribution in [3.63, 3.8) is 0 Å². The third-order valence-corrected chi connectivity index (χ3v) is 3.72. The van der Waals surface area contributed by atoms with Gasteiger partial charge in [0.25, 0.3) is 0 Å². The molecule has 1 saturated carbocycles. The first kappa shape index (κ1) is 16.3. The minimum Gasteiger partial charge on any atom is -0.491 e. The average molecular weight is 293 g/mol. The molecule has 0 spiro atoms. The van der Waals surface area contributed by atoms with E-state index in [2.05, 4.69) is 31.3 Å². The van der Waals surface area contributed by atoms with E-state index in [-0.39, 0.29) is 6.10 Å². The smallest absolute Gasteiger partial charge is 0.119 e. The van der Waals surface area contributed by atoms with Crippen LogP contribution in [0.1, 0.15) is 38.4 Å². The number of nitrogens with one attached hydrogen (secondary N) is 1. The van der Waals surface area contributed by atoms with Crippen LogP contribution in [0.2, 0.25) is 0 Å². The summed E-state index contributed by atoms with van der Waals surface area (Å²) in [6.07, 6.45) is 2.22. The summed E-state index contributed by atoms with van der Waals surface area (Å²) < 4.78 is 11.2. The first-order chi connectivity index (χ1) is 10.1. The number of aliphatic hydroxyl groups excluding tert-OH is 1. The quantitative estimate of drug-likeness (QED) is 0.734. The van der Waals surface area contributed by atoms with Crippen LogP contribution in [0.5, 0.6) is 5.75 Å². The fraction of sp³-hybridized carbons (Fsp3) is 0.647. The van der Waals surface area contributed by atoms with Crippen LogP contribution in [-0.2, 0) is 4.74 Å². The van der Waals surface area contributed by atoms with Crippen LogP contribution in [0.15, 0.2) is 24.3 Å². The Morgan fingerprint density at radius 3 is 2.43 bits per heavy atom. The van der Waals surface area contributed by atoms with Gasteiger partial charge in [-0.05, 0) is 36.5 Å². The predicted molar refractivity (Wildman–Crippen MR) is 83.6 cm³/mol. The van der Waals surface area contributed by atoms with E-state index in [9.17, 15) is 5.11 Å². The molecule has 2 atom stereocenters. The first-order valence-electron chi connectivity index (χ1n) is 7.77. The van der Waals surface area contributed by atoms with Gasteiger partial charge in [-0.15, -0.1) is 0 Å². The largest absolute Gasteiger partial charge is 0.491 e. The van der Waals surface area contributed by atoms with E-state index in [0.717, 1.165) is 5.75 Å². The van der Waals surface area contributed by atoms with Gasteiger partial charge in [0, 0.05) is 19.7 Å². The van der Waals surface area contributed by atoms with Gasteiger partial charge in [-0.2, -0.15) is 0 Å². The van der Waals surface area contributed by atoms with E-state index in [1.807, 2.05) is 12.1 Å². The highest BCUT2D eigenvalue weighted by Gasteiger charge is 2.32. The number of methoxy groups -OCH3 is 1. The Kier molecular flexibility index (Phi) is 6.03. The lowest BCUT2D eigenvalue weighted by molar-refractivity contribution is 0.0843. The molecule has 4 heteroatoms. The number of hydrogen-bond donors (Lipinski definition) is 2. The summed E-state index contributed by atoms with van der Waals surface area (Å²) in [6.45, 7) is 4.95. The van der Waals surface area contributed by atoms with Crippen molar-refractivity contribution in [1.29, 1.82) is 0 Å². The van der Waals surface area contributed by atoms with Crippen molar-refractivity contribution in [3.05, 3.63) is 29.8 Å². The molecule has 118 valence electrons. The number of aliphatic hydroxyl groups is 1. The molecule has 1 fully saturated rings. The molecule has 1 aromatic rings. The molecule has 2 unspecified atom stereocenters. The molecule has 2 N–H and O–H groups in total. The maximum atomic E-state index is 9.81. The van der Waals surface area contributed by atoms with Crippen LogP contribution in [0.3, 0.4) is 0 Å². The molecular weight excluding hydrogens is 266 g/mol. The van der Waals surface area contributed by atoms with Crippen molar-refractivity contribution in [2.24, 2.45) is 5.92 Å². The Labute approximate surface area is 127 Å². The molecule has 2 rings (SSSR count). The minimum atomic E-state index is -0.495. The fourth-order valence-corrected chi connectivity index (χ4v) is 2.38. The SMILES string of the molecule is COC(c1ccc(OCC(O)CNC(C)C)cc1)C1CC1. The van der Waals surface area contributed by atoms with E-state index >= 15 is 0 Å². The van der Waals surface area contributed by atoms with Gasteiger partial charge in [-0.1, -0.05) is 26.0 Å². The van der Waals surface area contributed by atoms with Gasteiger partial charge in [0.15, 0.2) is 0 Å². The number of rotatable bonds is 9. The molecule has 0 bridgehead atoms. The fourth-order valence-electron chi connectivity index (χ4n) is 2.38. The van der Waals surface area contributed by atoms with Crippen molar-refractivity contribution in [2.45, 2.75) is 44.9 Å². The van der Waals surface area contributed by atoms with Crippen molar-refractivity contribution in [3.8, 4) is 5.75 Å². The summed E-state index contributed by atoms with van der Waals surface area (Å²) >= 11 is 0. The number of benzene rings is 1. The van der Waals surface area contributed by atoms with Gasteiger partial charge in [0.1, 0.15) is 18.5 Å². The lowest BCUT2D eigenvalue weighted by atomic mass is 10.1. The topological polar surface area (TPSA) is 50.7 Å². The van der Waals surface area contributed by atoms with E-state index < -0.39 is 6.10 Å². The first-order valence-corrected chi connectivity index (χ1v) is 7.77. The summed E-state index contributed by atoms with van der Waals surface area (Å²) in [7, 11) is 1.77. The highest BCUT2D eigenvalue weighted by atomic mass is 16.5. The summed E-state index contributed by atoms with van der Waals surface area (Å²) in [6, 6.07) is 8.38. The van der Waals surface area contributed by atoms with E-state index in [1.165, 1.54) is 18.4 Å². The second-order valence-electron chi connectivity index (χ2n) is 6.09. The Balaban J connectivity index is 1.79. The zero-order valence-electron chi connectivity index (χ0n) is 13.2. The predicted octanol–water partition coefficient (Wildman–Crippen LogP) is 2.52. The van der Waals surface area contributed by atoms with Crippen LogP contribution < -0.4 is 10.1 Å². The lowest BCUT2D eigenvalue weighted by Gasteiger charge is -2.17. The van der Waals surface area contributed by atoms with Crippen LogP contribution >= 0.6 is 0 Å². The summed E-state index contributed by atoms with van der Waals surface area (Å²) in [4.78, 5) is 0. The molecule has 0 amide bonds. The number of ether oxygens (including phenoxy) is 2. The maximum Gasteiger partial charge on any atom is 0.119 e. The zero-order valence-corrected chi connectivity index (χ0v) is 13.2. The summed E-state index contributed by atoms with van der Waals surface area (Å²) in [5, 5.41) is 13.0. The maximum absolute atomic E-state index is 9.81. The van der Waals surface area contributed by atoms with E-state index in [0.29, 0.717) is 25.1 Å². The van der Waals surface area contributed by atoms with Crippen LogP contribution in [0.25, 0.3) is 0 Å². The Hall–Kier alpha value is -1.10. The van der Waals surface area contributed by atoms with Crippen molar-refractivity contribution >= 4 is 0 Å². The number of hydrogen-bond acceptors (Lipinski definition) is 4. The molecule has 1 aromatic carbocycles. The molecule has 21 heavy (non-hydrogen) atoms. The second-order valence-corrected chi connectivity index (χ2v) is 6.09. The highest BCUT2D eigenvalue weighted by Crippen LogP contribution is 2.43. The normalized spacial score (nSPS) is 17.8. The molecule has 1 aliphatic rings.